The van der Waals surface area contributed by atoms with Crippen LogP contribution in [-0.4, -0.2) is 51.9 Å². The SMILES string of the molecule is COC(=O)c1c(C#N)cc(S(=O)(=O)C(F)(F)C(F)(F)C(F)(F)C(F)(F)F)cc1OC. The molecule has 0 aliphatic carbocycles. The molecule has 0 N–H and O–H groups in total. The van der Waals surface area contributed by atoms with Crippen LogP contribution in [0.5, 0.6) is 5.75 Å². The highest BCUT2D eigenvalue weighted by atomic mass is 32.2. The molecule has 1 aromatic rings. The van der Waals surface area contributed by atoms with E-state index in [1.165, 1.54) is 0 Å². The van der Waals surface area contributed by atoms with E-state index in [0.717, 1.165) is 13.2 Å². The minimum absolute atomic E-state index is 0.0435. The van der Waals surface area contributed by atoms with E-state index in [1.807, 2.05) is 0 Å². The quantitative estimate of drug-likeness (QED) is 0.464. The molecule has 0 heterocycles. The molecule has 0 atom stereocenters. The minimum atomic E-state index is -7.46. The monoisotopic (exact) mass is 473 g/mol. The zero-order valence-corrected chi connectivity index (χ0v) is 15.3. The summed E-state index contributed by atoms with van der Waals surface area (Å²) in [7, 11) is -5.51. The van der Waals surface area contributed by atoms with Gasteiger partial charge in [0.1, 0.15) is 17.4 Å². The molecule has 0 saturated carbocycles. The van der Waals surface area contributed by atoms with Crippen molar-refractivity contribution in [1.82, 2.24) is 0 Å². The van der Waals surface area contributed by atoms with Gasteiger partial charge < -0.3 is 9.47 Å². The topological polar surface area (TPSA) is 93.5 Å². The number of hydrogen-bond acceptors (Lipinski definition) is 6. The fourth-order valence-corrected chi connectivity index (χ4v) is 3.28. The molecular formula is C14H8F9NO5S. The van der Waals surface area contributed by atoms with Crippen molar-refractivity contribution < 1.29 is 62.2 Å². The van der Waals surface area contributed by atoms with Crippen LogP contribution in [0.25, 0.3) is 0 Å². The predicted octanol–water partition coefficient (Wildman–Crippen LogP) is 3.55. The molecule has 0 aliphatic rings. The Bertz CT molecular complexity index is 996. The molecule has 0 spiro atoms. The van der Waals surface area contributed by atoms with E-state index < -0.39 is 60.9 Å². The Hall–Kier alpha value is -2.70. The van der Waals surface area contributed by atoms with E-state index in [0.29, 0.717) is 7.11 Å². The van der Waals surface area contributed by atoms with Crippen LogP contribution in [0.2, 0.25) is 0 Å². The summed E-state index contributed by atoms with van der Waals surface area (Å²) in [5, 5.41) is 1.95. The average molecular weight is 473 g/mol. The lowest BCUT2D eigenvalue weighted by Gasteiger charge is -2.33. The van der Waals surface area contributed by atoms with E-state index in [9.17, 15) is 52.7 Å². The van der Waals surface area contributed by atoms with Crippen molar-refractivity contribution in [2.75, 3.05) is 14.2 Å². The molecule has 0 bridgehead atoms. The number of nitriles is 1. The number of methoxy groups -OCH3 is 2. The molecular weight excluding hydrogens is 465 g/mol. The van der Waals surface area contributed by atoms with Crippen LogP contribution < -0.4 is 4.74 Å². The third-order valence-corrected chi connectivity index (χ3v) is 5.36. The Kier molecular flexibility index (Phi) is 6.35. The Balaban J connectivity index is 3.85. The fourth-order valence-electron chi connectivity index (χ4n) is 1.98. The van der Waals surface area contributed by atoms with Crippen LogP contribution in [0.3, 0.4) is 0 Å². The first-order valence-electron chi connectivity index (χ1n) is 7.00. The number of sulfone groups is 1. The van der Waals surface area contributed by atoms with Crippen LogP contribution in [0.15, 0.2) is 17.0 Å². The zero-order chi connectivity index (χ0) is 23.9. The highest BCUT2D eigenvalue weighted by Gasteiger charge is 2.85. The van der Waals surface area contributed by atoms with Gasteiger partial charge in [0.15, 0.2) is 0 Å². The van der Waals surface area contributed by atoms with Gasteiger partial charge in [-0.1, -0.05) is 0 Å². The van der Waals surface area contributed by atoms with Gasteiger partial charge in [-0.15, -0.1) is 0 Å². The molecule has 168 valence electrons. The van der Waals surface area contributed by atoms with Gasteiger partial charge in [0.2, 0.25) is 9.84 Å². The largest absolute Gasteiger partial charge is 0.496 e. The third kappa shape index (κ3) is 3.50. The maximum atomic E-state index is 14.0. The normalized spacial score (nSPS) is 13.5. The van der Waals surface area contributed by atoms with Crippen LogP contribution in [0, 0.1) is 11.3 Å². The van der Waals surface area contributed by atoms with E-state index in [4.69, 9.17) is 5.26 Å². The Morgan fingerprint density at radius 1 is 0.967 bits per heavy atom. The number of carbonyl (C=O) groups is 1. The molecule has 0 aromatic heterocycles. The summed E-state index contributed by atoms with van der Waals surface area (Å²) < 4.78 is 150. The average Bonchev–Trinajstić information content (AvgIpc) is 2.64. The lowest BCUT2D eigenvalue weighted by Crippen LogP contribution is -2.63. The Morgan fingerprint density at radius 2 is 1.47 bits per heavy atom. The molecule has 0 unspecified atom stereocenters. The molecule has 1 rings (SSSR count). The lowest BCUT2D eigenvalue weighted by atomic mass is 10.1. The van der Waals surface area contributed by atoms with Crippen molar-refractivity contribution in [3.05, 3.63) is 23.3 Å². The van der Waals surface area contributed by atoms with Crippen LogP contribution in [-0.2, 0) is 14.6 Å². The minimum Gasteiger partial charge on any atom is -0.496 e. The van der Waals surface area contributed by atoms with Gasteiger partial charge in [0, 0.05) is 0 Å². The maximum Gasteiger partial charge on any atom is 0.460 e. The van der Waals surface area contributed by atoms with Gasteiger partial charge in [-0.05, 0) is 12.1 Å². The smallest absolute Gasteiger partial charge is 0.460 e. The van der Waals surface area contributed by atoms with Gasteiger partial charge in [-0.2, -0.15) is 44.8 Å². The summed E-state index contributed by atoms with van der Waals surface area (Å²) in [6, 6.07) is 0.982. The molecule has 30 heavy (non-hydrogen) atoms. The van der Waals surface area contributed by atoms with Crippen molar-refractivity contribution >= 4 is 15.8 Å². The highest BCUT2D eigenvalue weighted by Crippen LogP contribution is 2.56. The van der Waals surface area contributed by atoms with E-state index >= 15 is 0 Å². The van der Waals surface area contributed by atoms with Gasteiger partial charge in [-0.25, -0.2) is 13.2 Å². The van der Waals surface area contributed by atoms with Gasteiger partial charge in [0.25, 0.3) is 0 Å². The second kappa shape index (κ2) is 7.52. The van der Waals surface area contributed by atoms with Gasteiger partial charge in [0.05, 0.1) is 24.7 Å². The molecule has 6 nitrogen and oxygen atoms in total. The lowest BCUT2D eigenvalue weighted by molar-refractivity contribution is -0.382. The van der Waals surface area contributed by atoms with Crippen LogP contribution in [0.4, 0.5) is 39.5 Å². The van der Waals surface area contributed by atoms with Crippen LogP contribution >= 0.6 is 0 Å². The number of hydrogen-bond donors (Lipinski definition) is 0. The molecule has 0 radical (unpaired) electrons. The number of alkyl halides is 9. The van der Waals surface area contributed by atoms with Crippen molar-refractivity contribution in [1.29, 1.82) is 5.26 Å². The summed E-state index contributed by atoms with van der Waals surface area (Å²) in [4.78, 5) is 9.64. The summed E-state index contributed by atoms with van der Waals surface area (Å²) >= 11 is 0. The van der Waals surface area contributed by atoms with Crippen molar-refractivity contribution in [3.63, 3.8) is 0 Å². The summed E-state index contributed by atoms with van der Waals surface area (Å²) in [5.74, 6) is -17.3. The number of esters is 1. The molecule has 0 aliphatic heterocycles. The maximum absolute atomic E-state index is 14.0. The first-order chi connectivity index (χ1) is 13.3. The first-order valence-corrected chi connectivity index (χ1v) is 8.48. The number of nitrogens with zero attached hydrogens (tertiary/aromatic N) is 1. The van der Waals surface area contributed by atoms with Crippen molar-refractivity contribution in [2.24, 2.45) is 0 Å². The highest BCUT2D eigenvalue weighted by molar-refractivity contribution is 7.92. The fraction of sp³-hybridized carbons (Fsp3) is 0.429. The van der Waals surface area contributed by atoms with Crippen LogP contribution in [0.1, 0.15) is 15.9 Å². The zero-order valence-electron chi connectivity index (χ0n) is 14.5. The second-order valence-electron chi connectivity index (χ2n) is 5.32. The number of benzene rings is 1. The first kappa shape index (κ1) is 25.3. The van der Waals surface area contributed by atoms with Crippen molar-refractivity contribution in [3.8, 4) is 11.8 Å². The molecule has 0 amide bonds. The summed E-state index contributed by atoms with van der Waals surface area (Å²) in [5.41, 5.74) is -1.95. The summed E-state index contributed by atoms with van der Waals surface area (Å²) in [6.45, 7) is 0. The molecule has 0 saturated heterocycles. The third-order valence-electron chi connectivity index (χ3n) is 3.57. The molecule has 0 fully saturated rings. The number of halogens is 9. The number of carbonyl (C=O) groups excluding carboxylic acids is 1. The number of ether oxygens (including phenoxy) is 2. The predicted molar refractivity (Wildman–Crippen MR) is 77.1 cm³/mol. The van der Waals surface area contributed by atoms with E-state index in [-0.39, 0.29) is 12.1 Å². The molecule has 16 heteroatoms. The van der Waals surface area contributed by atoms with Gasteiger partial charge in [-0.3, -0.25) is 0 Å². The summed E-state index contributed by atoms with van der Waals surface area (Å²) in [6.07, 6.45) is -7.24. The van der Waals surface area contributed by atoms with Crippen molar-refractivity contribution in [2.45, 2.75) is 28.2 Å². The Labute approximate surface area is 161 Å². The van der Waals surface area contributed by atoms with E-state index in [1.54, 1.807) is 0 Å². The Morgan fingerprint density at radius 3 is 1.83 bits per heavy atom. The molecule has 1 aromatic carbocycles. The van der Waals surface area contributed by atoms with Gasteiger partial charge >= 0.3 is 29.2 Å². The standard InChI is InChI=1S/C14H8F9NO5S/c1-28-8-4-7(3-6(5-24)9(8)10(25)29-2)30(26,27)14(22,23)12(17,18)11(15,16)13(19,20)21/h3-4H,1-2H3. The number of rotatable bonds is 6. The van der Waals surface area contributed by atoms with E-state index in [2.05, 4.69) is 9.47 Å². The second-order valence-corrected chi connectivity index (χ2v) is 7.31.